The predicted molar refractivity (Wildman–Crippen MR) is 53.8 cm³/mol. The molecule has 0 aromatic carbocycles. The highest BCUT2D eigenvalue weighted by Gasteiger charge is 2.25. The molecule has 1 heterocycles. The summed E-state index contributed by atoms with van der Waals surface area (Å²) in [7, 11) is 1.71. The minimum Gasteiger partial charge on any atom is -0.394 e. The molecule has 0 aliphatic rings. The number of hydrogen-bond acceptors (Lipinski definition) is 3. The first-order chi connectivity index (χ1) is 6.49. The van der Waals surface area contributed by atoms with Gasteiger partial charge in [0.05, 0.1) is 12.1 Å². The molecule has 0 aliphatic heterocycles. The number of pyridine rings is 1. The van der Waals surface area contributed by atoms with Crippen LogP contribution in [0.25, 0.3) is 0 Å². The second-order valence-corrected chi connectivity index (χ2v) is 3.84. The molecular formula is C10H15FN2O. The third-order valence-corrected chi connectivity index (χ3v) is 2.35. The zero-order valence-electron chi connectivity index (χ0n) is 8.66. The molecule has 0 atom stereocenters. The maximum Gasteiger partial charge on any atom is 0.165 e. The molecule has 0 bridgehead atoms. The zero-order valence-corrected chi connectivity index (χ0v) is 8.66. The lowest BCUT2D eigenvalue weighted by Gasteiger charge is -2.34. The van der Waals surface area contributed by atoms with E-state index in [2.05, 4.69) is 4.98 Å². The Balaban J connectivity index is 3.00. The monoisotopic (exact) mass is 198 g/mol. The second kappa shape index (κ2) is 3.92. The number of aromatic nitrogens is 1. The summed E-state index contributed by atoms with van der Waals surface area (Å²) >= 11 is 0. The van der Waals surface area contributed by atoms with Crippen LogP contribution in [0.2, 0.25) is 0 Å². The van der Waals surface area contributed by atoms with Crippen molar-refractivity contribution in [3.05, 3.63) is 24.1 Å². The number of rotatable bonds is 3. The Hall–Kier alpha value is -1.16. The van der Waals surface area contributed by atoms with Crippen LogP contribution < -0.4 is 4.90 Å². The highest BCUT2D eigenvalue weighted by molar-refractivity contribution is 5.41. The van der Waals surface area contributed by atoms with Crippen LogP contribution in [-0.4, -0.2) is 29.3 Å². The molecule has 0 amide bonds. The van der Waals surface area contributed by atoms with Gasteiger partial charge in [-0.15, -0.1) is 0 Å². The highest BCUT2D eigenvalue weighted by Crippen LogP contribution is 2.21. The number of likely N-dealkylation sites (N-methyl/N-ethyl adjacent to an activating group) is 1. The van der Waals surface area contributed by atoms with Crippen molar-refractivity contribution in [3.63, 3.8) is 0 Å². The van der Waals surface area contributed by atoms with Gasteiger partial charge in [-0.2, -0.15) is 0 Å². The molecule has 0 saturated carbocycles. The van der Waals surface area contributed by atoms with Crippen LogP contribution in [0.4, 0.5) is 10.2 Å². The highest BCUT2D eigenvalue weighted by atomic mass is 19.1. The van der Waals surface area contributed by atoms with E-state index in [0.717, 1.165) is 0 Å². The average molecular weight is 198 g/mol. The Labute approximate surface area is 83.2 Å². The quantitative estimate of drug-likeness (QED) is 0.798. The third-order valence-electron chi connectivity index (χ3n) is 2.35. The summed E-state index contributed by atoms with van der Waals surface area (Å²) in [5, 5.41) is 9.12. The molecule has 78 valence electrons. The van der Waals surface area contributed by atoms with E-state index in [1.54, 1.807) is 18.0 Å². The number of halogens is 1. The van der Waals surface area contributed by atoms with Gasteiger partial charge in [-0.1, -0.05) is 0 Å². The van der Waals surface area contributed by atoms with Crippen molar-refractivity contribution in [2.75, 3.05) is 18.6 Å². The molecule has 1 N–H and O–H groups in total. The van der Waals surface area contributed by atoms with Gasteiger partial charge in [0.25, 0.3) is 0 Å². The van der Waals surface area contributed by atoms with Gasteiger partial charge >= 0.3 is 0 Å². The average Bonchev–Trinajstić information content (AvgIpc) is 2.17. The predicted octanol–water partition coefficient (Wildman–Crippen LogP) is 1.43. The van der Waals surface area contributed by atoms with E-state index in [9.17, 15) is 4.39 Å². The second-order valence-electron chi connectivity index (χ2n) is 3.84. The standard InChI is InChI=1S/C10H15FN2O/c1-10(2,7-14)13(3)9-8(11)5-4-6-12-9/h4-6,14H,7H2,1-3H3. The van der Waals surface area contributed by atoms with Gasteiger partial charge in [-0.25, -0.2) is 9.37 Å². The van der Waals surface area contributed by atoms with Gasteiger partial charge in [0.2, 0.25) is 0 Å². The molecule has 0 fully saturated rings. The minimum atomic E-state index is -0.519. The van der Waals surface area contributed by atoms with Gasteiger partial charge in [-0.05, 0) is 26.0 Å². The molecule has 14 heavy (non-hydrogen) atoms. The summed E-state index contributed by atoms with van der Waals surface area (Å²) in [5.74, 6) is -0.122. The number of nitrogens with zero attached hydrogens (tertiary/aromatic N) is 2. The summed E-state index contributed by atoms with van der Waals surface area (Å²) in [4.78, 5) is 5.56. The van der Waals surface area contributed by atoms with Crippen LogP contribution in [0.15, 0.2) is 18.3 Å². The number of aliphatic hydroxyl groups is 1. The van der Waals surface area contributed by atoms with Crippen LogP contribution in [-0.2, 0) is 0 Å². The van der Waals surface area contributed by atoms with Gasteiger partial charge < -0.3 is 10.0 Å². The SMILES string of the molecule is CN(c1ncccc1F)C(C)(C)CO. The van der Waals surface area contributed by atoms with Gasteiger partial charge in [-0.3, -0.25) is 0 Å². The maximum atomic E-state index is 13.3. The molecule has 0 spiro atoms. The fourth-order valence-corrected chi connectivity index (χ4v) is 1.02. The summed E-state index contributed by atoms with van der Waals surface area (Å²) in [6, 6.07) is 2.89. The van der Waals surface area contributed by atoms with Crippen LogP contribution in [0.1, 0.15) is 13.8 Å². The van der Waals surface area contributed by atoms with E-state index >= 15 is 0 Å². The fraction of sp³-hybridized carbons (Fsp3) is 0.500. The van der Waals surface area contributed by atoms with Crippen LogP contribution in [0.3, 0.4) is 0 Å². The van der Waals surface area contributed by atoms with E-state index in [1.807, 2.05) is 13.8 Å². The largest absolute Gasteiger partial charge is 0.394 e. The topological polar surface area (TPSA) is 36.4 Å². The Kier molecular flexibility index (Phi) is 3.06. The van der Waals surface area contributed by atoms with Crippen molar-refractivity contribution in [2.24, 2.45) is 0 Å². The minimum absolute atomic E-state index is 0.0560. The van der Waals surface area contributed by atoms with E-state index in [0.29, 0.717) is 0 Å². The molecule has 0 radical (unpaired) electrons. The molecule has 3 nitrogen and oxygen atoms in total. The first-order valence-electron chi connectivity index (χ1n) is 4.44. The summed E-state index contributed by atoms with van der Waals surface area (Å²) < 4.78 is 13.3. The molecular weight excluding hydrogens is 183 g/mol. The van der Waals surface area contributed by atoms with Gasteiger partial charge in [0.15, 0.2) is 11.6 Å². The van der Waals surface area contributed by atoms with E-state index in [1.165, 1.54) is 12.3 Å². The van der Waals surface area contributed by atoms with E-state index < -0.39 is 5.54 Å². The fourth-order valence-electron chi connectivity index (χ4n) is 1.02. The Morgan fingerprint density at radius 1 is 1.57 bits per heavy atom. The lowest BCUT2D eigenvalue weighted by Crippen LogP contribution is -2.45. The lowest BCUT2D eigenvalue weighted by molar-refractivity contribution is 0.215. The van der Waals surface area contributed by atoms with Crippen molar-refractivity contribution >= 4 is 5.82 Å². The number of anilines is 1. The molecule has 0 unspecified atom stereocenters. The smallest absolute Gasteiger partial charge is 0.165 e. The Bertz CT molecular complexity index is 315. The van der Waals surface area contributed by atoms with Crippen LogP contribution in [0, 0.1) is 5.82 Å². The van der Waals surface area contributed by atoms with Crippen molar-refractivity contribution in [1.29, 1.82) is 0 Å². The normalized spacial score (nSPS) is 11.5. The summed E-state index contributed by atoms with van der Waals surface area (Å²) in [6.45, 7) is 3.59. The molecule has 1 aromatic rings. The van der Waals surface area contributed by atoms with Crippen molar-refractivity contribution in [1.82, 2.24) is 4.98 Å². The number of hydrogen-bond donors (Lipinski definition) is 1. The lowest BCUT2D eigenvalue weighted by atomic mass is 10.1. The number of aliphatic hydroxyl groups excluding tert-OH is 1. The van der Waals surface area contributed by atoms with E-state index in [-0.39, 0.29) is 18.2 Å². The van der Waals surface area contributed by atoms with Crippen molar-refractivity contribution in [3.8, 4) is 0 Å². The van der Waals surface area contributed by atoms with E-state index in [4.69, 9.17) is 5.11 Å². The van der Waals surface area contributed by atoms with Crippen molar-refractivity contribution in [2.45, 2.75) is 19.4 Å². The molecule has 1 rings (SSSR count). The van der Waals surface area contributed by atoms with Gasteiger partial charge in [0.1, 0.15) is 0 Å². The molecule has 0 aliphatic carbocycles. The zero-order chi connectivity index (χ0) is 10.8. The van der Waals surface area contributed by atoms with Crippen LogP contribution in [0.5, 0.6) is 0 Å². The Morgan fingerprint density at radius 2 is 2.21 bits per heavy atom. The first-order valence-corrected chi connectivity index (χ1v) is 4.44. The first kappa shape index (κ1) is 10.9. The molecule has 4 heteroatoms. The Morgan fingerprint density at radius 3 is 2.71 bits per heavy atom. The van der Waals surface area contributed by atoms with Crippen LogP contribution >= 0.6 is 0 Å². The van der Waals surface area contributed by atoms with Crippen molar-refractivity contribution < 1.29 is 9.50 Å². The summed E-state index contributed by atoms with van der Waals surface area (Å²) in [5.41, 5.74) is -0.519. The summed E-state index contributed by atoms with van der Waals surface area (Å²) in [6.07, 6.45) is 1.53. The molecule has 0 saturated heterocycles. The maximum absolute atomic E-state index is 13.3. The van der Waals surface area contributed by atoms with Gasteiger partial charge in [0, 0.05) is 13.2 Å². The molecule has 1 aromatic heterocycles. The third kappa shape index (κ3) is 2.01.